The minimum Gasteiger partial charge on any atom is -0.487 e. The first-order chi connectivity index (χ1) is 11.8. The van der Waals surface area contributed by atoms with Gasteiger partial charge in [-0.15, -0.1) is 0 Å². The van der Waals surface area contributed by atoms with Crippen LogP contribution < -0.4 is 10.1 Å². The van der Waals surface area contributed by atoms with E-state index in [1.165, 1.54) is 0 Å². The molecule has 0 aliphatic rings. The van der Waals surface area contributed by atoms with Crippen LogP contribution in [0.3, 0.4) is 0 Å². The van der Waals surface area contributed by atoms with Crippen molar-refractivity contribution >= 4 is 5.91 Å². The molecular weight excluding hydrogens is 302 g/mol. The first kappa shape index (κ1) is 15.7. The Kier molecular flexibility index (Phi) is 5.14. The van der Waals surface area contributed by atoms with Gasteiger partial charge in [0.25, 0.3) is 5.91 Å². The van der Waals surface area contributed by atoms with Crippen molar-refractivity contribution in [3.63, 3.8) is 0 Å². The van der Waals surface area contributed by atoms with Crippen LogP contribution in [-0.2, 0) is 13.2 Å². The summed E-state index contributed by atoms with van der Waals surface area (Å²) in [6.07, 6.45) is 3.25. The molecule has 1 amide bonds. The Bertz CT molecular complexity index is 775. The number of amides is 1. The van der Waals surface area contributed by atoms with Crippen molar-refractivity contribution in [2.45, 2.75) is 13.2 Å². The van der Waals surface area contributed by atoms with E-state index in [0.717, 1.165) is 17.1 Å². The van der Waals surface area contributed by atoms with E-state index in [1.807, 2.05) is 48.5 Å². The molecule has 0 fully saturated rings. The van der Waals surface area contributed by atoms with Crippen molar-refractivity contribution < 1.29 is 9.53 Å². The van der Waals surface area contributed by atoms with Crippen LogP contribution in [0.4, 0.5) is 0 Å². The van der Waals surface area contributed by atoms with Crippen molar-refractivity contribution in [1.29, 1.82) is 0 Å². The Morgan fingerprint density at radius 3 is 2.46 bits per heavy atom. The highest BCUT2D eigenvalue weighted by Gasteiger charge is 2.06. The van der Waals surface area contributed by atoms with Crippen molar-refractivity contribution in [3.8, 4) is 5.75 Å². The SMILES string of the molecule is O=C(NCc1ccccn1)c1ccc(COc2ccccc2)nc1. The zero-order valence-corrected chi connectivity index (χ0v) is 13.1. The van der Waals surface area contributed by atoms with Crippen LogP contribution in [0, 0.1) is 0 Å². The minimum atomic E-state index is -0.177. The van der Waals surface area contributed by atoms with Gasteiger partial charge in [0, 0.05) is 12.4 Å². The summed E-state index contributed by atoms with van der Waals surface area (Å²) in [4.78, 5) is 20.5. The summed E-state index contributed by atoms with van der Waals surface area (Å²) in [5.74, 6) is 0.611. The molecule has 0 radical (unpaired) electrons. The Morgan fingerprint density at radius 2 is 1.75 bits per heavy atom. The van der Waals surface area contributed by atoms with Gasteiger partial charge < -0.3 is 10.1 Å². The highest BCUT2D eigenvalue weighted by molar-refractivity contribution is 5.93. The molecule has 3 aromatic rings. The van der Waals surface area contributed by atoms with E-state index in [0.29, 0.717) is 18.7 Å². The van der Waals surface area contributed by atoms with Gasteiger partial charge in [0.05, 0.1) is 23.5 Å². The summed E-state index contributed by atoms with van der Waals surface area (Å²) >= 11 is 0. The summed E-state index contributed by atoms with van der Waals surface area (Å²) in [7, 11) is 0. The van der Waals surface area contributed by atoms with Crippen molar-refractivity contribution in [2.24, 2.45) is 0 Å². The lowest BCUT2D eigenvalue weighted by molar-refractivity contribution is 0.0950. The molecule has 0 bridgehead atoms. The number of ether oxygens (including phenoxy) is 1. The monoisotopic (exact) mass is 319 g/mol. The average molecular weight is 319 g/mol. The summed E-state index contributed by atoms with van der Waals surface area (Å²) < 4.78 is 5.63. The number of carbonyl (C=O) groups excluding carboxylic acids is 1. The highest BCUT2D eigenvalue weighted by atomic mass is 16.5. The number of rotatable bonds is 6. The van der Waals surface area contributed by atoms with Gasteiger partial charge in [0.1, 0.15) is 12.4 Å². The molecule has 0 atom stereocenters. The normalized spacial score (nSPS) is 10.2. The second-order valence-corrected chi connectivity index (χ2v) is 5.14. The molecular formula is C19H17N3O2. The van der Waals surface area contributed by atoms with Gasteiger partial charge in [-0.1, -0.05) is 24.3 Å². The van der Waals surface area contributed by atoms with Crippen LogP contribution in [0.2, 0.25) is 0 Å². The molecule has 5 heteroatoms. The Morgan fingerprint density at radius 1 is 0.917 bits per heavy atom. The average Bonchev–Trinajstić information content (AvgIpc) is 2.66. The van der Waals surface area contributed by atoms with Crippen molar-refractivity contribution in [2.75, 3.05) is 0 Å². The lowest BCUT2D eigenvalue weighted by Gasteiger charge is -2.07. The highest BCUT2D eigenvalue weighted by Crippen LogP contribution is 2.11. The molecule has 0 aliphatic heterocycles. The molecule has 1 N–H and O–H groups in total. The molecule has 3 rings (SSSR count). The second kappa shape index (κ2) is 7.87. The van der Waals surface area contributed by atoms with E-state index < -0.39 is 0 Å². The summed E-state index contributed by atoms with van der Waals surface area (Å²) in [6.45, 7) is 0.748. The predicted molar refractivity (Wildman–Crippen MR) is 90.4 cm³/mol. The Labute approximate surface area is 140 Å². The zero-order valence-electron chi connectivity index (χ0n) is 13.1. The third-order valence-electron chi connectivity index (χ3n) is 3.37. The number of benzene rings is 1. The van der Waals surface area contributed by atoms with Gasteiger partial charge >= 0.3 is 0 Å². The van der Waals surface area contributed by atoms with Crippen LogP contribution in [0.5, 0.6) is 5.75 Å². The number of carbonyl (C=O) groups is 1. The van der Waals surface area contributed by atoms with Crippen LogP contribution in [-0.4, -0.2) is 15.9 Å². The van der Waals surface area contributed by atoms with Crippen LogP contribution in [0.1, 0.15) is 21.7 Å². The number of aromatic nitrogens is 2. The lowest BCUT2D eigenvalue weighted by Crippen LogP contribution is -2.23. The molecule has 0 spiro atoms. The number of pyridine rings is 2. The fraction of sp³-hybridized carbons (Fsp3) is 0.105. The molecule has 2 aromatic heterocycles. The zero-order chi connectivity index (χ0) is 16.6. The second-order valence-electron chi connectivity index (χ2n) is 5.14. The fourth-order valence-corrected chi connectivity index (χ4v) is 2.09. The Hall–Kier alpha value is -3.21. The number of hydrogen-bond donors (Lipinski definition) is 1. The van der Waals surface area contributed by atoms with Crippen molar-refractivity contribution in [1.82, 2.24) is 15.3 Å². The third-order valence-corrected chi connectivity index (χ3v) is 3.37. The topological polar surface area (TPSA) is 64.1 Å². The maximum Gasteiger partial charge on any atom is 0.253 e. The van der Waals surface area contributed by atoms with Gasteiger partial charge in [0.15, 0.2) is 0 Å². The van der Waals surface area contributed by atoms with Crippen LogP contribution in [0.15, 0.2) is 73.1 Å². The molecule has 0 saturated carbocycles. The quantitative estimate of drug-likeness (QED) is 0.758. The molecule has 5 nitrogen and oxygen atoms in total. The first-order valence-corrected chi connectivity index (χ1v) is 7.62. The number of hydrogen-bond acceptors (Lipinski definition) is 4. The smallest absolute Gasteiger partial charge is 0.253 e. The van der Waals surface area contributed by atoms with E-state index in [2.05, 4.69) is 15.3 Å². The van der Waals surface area contributed by atoms with E-state index in [9.17, 15) is 4.79 Å². The Balaban J connectivity index is 1.53. The number of para-hydroxylation sites is 1. The third kappa shape index (κ3) is 4.39. The summed E-state index contributed by atoms with van der Waals surface area (Å²) in [5, 5.41) is 2.82. The molecule has 0 unspecified atom stereocenters. The molecule has 1 aromatic carbocycles. The van der Waals surface area contributed by atoms with E-state index in [-0.39, 0.29) is 5.91 Å². The van der Waals surface area contributed by atoms with Crippen molar-refractivity contribution in [3.05, 3.63) is 90.0 Å². The summed E-state index contributed by atoms with van der Waals surface area (Å²) in [5.41, 5.74) is 2.08. The van der Waals surface area contributed by atoms with Gasteiger partial charge in [0.2, 0.25) is 0 Å². The number of nitrogens with one attached hydrogen (secondary N) is 1. The van der Waals surface area contributed by atoms with Gasteiger partial charge in [-0.05, 0) is 36.4 Å². The van der Waals surface area contributed by atoms with Gasteiger partial charge in [-0.3, -0.25) is 14.8 Å². The molecule has 120 valence electrons. The molecule has 24 heavy (non-hydrogen) atoms. The van der Waals surface area contributed by atoms with Gasteiger partial charge in [-0.2, -0.15) is 0 Å². The van der Waals surface area contributed by atoms with E-state index >= 15 is 0 Å². The van der Waals surface area contributed by atoms with E-state index in [1.54, 1.807) is 24.5 Å². The maximum absolute atomic E-state index is 12.1. The molecule has 0 saturated heterocycles. The standard InChI is InChI=1S/C19H17N3O2/c23-19(22-13-16-6-4-5-11-20-16)15-9-10-17(21-12-15)14-24-18-7-2-1-3-8-18/h1-12H,13-14H2,(H,22,23). The van der Waals surface area contributed by atoms with Crippen LogP contribution >= 0.6 is 0 Å². The van der Waals surface area contributed by atoms with Crippen LogP contribution in [0.25, 0.3) is 0 Å². The molecule has 0 aliphatic carbocycles. The maximum atomic E-state index is 12.1. The lowest BCUT2D eigenvalue weighted by atomic mass is 10.2. The predicted octanol–water partition coefficient (Wildman–Crippen LogP) is 2.99. The minimum absolute atomic E-state index is 0.177. The fourth-order valence-electron chi connectivity index (χ4n) is 2.09. The largest absolute Gasteiger partial charge is 0.487 e. The van der Waals surface area contributed by atoms with E-state index in [4.69, 9.17) is 4.74 Å². The van der Waals surface area contributed by atoms with Gasteiger partial charge in [-0.25, -0.2) is 0 Å². The number of nitrogens with zero attached hydrogens (tertiary/aromatic N) is 2. The molecule has 2 heterocycles. The summed E-state index contributed by atoms with van der Waals surface area (Å²) in [6, 6.07) is 18.7. The first-order valence-electron chi connectivity index (χ1n) is 7.62.